The maximum Gasteiger partial charge on any atom is 0.422 e. The molecule has 0 bridgehead atoms. The standard InChI is InChI=1S/C33H3F24N3/c1-5-9(21(35)17(31(49,50)51)26(40)20(5)34)6(2-58)10-11(7(3-59)13-15(29(43,44)45)24(38)27(41)18(22(13)36)32(52,53)54)12(10)8(4-60)14-16(30(46,47)48)25(39)28(42)19(23(14)37)33(55,56)57/h1H3/b10-6-,11-7?,12-8-. The molecule has 3 aromatic rings. The van der Waals surface area contributed by atoms with E-state index in [0.717, 1.165) is 0 Å². The van der Waals surface area contributed by atoms with Crippen molar-refractivity contribution in [3.05, 3.63) is 119 Å². The fourth-order valence-electron chi connectivity index (χ4n) is 5.78. The van der Waals surface area contributed by atoms with Crippen LogP contribution in [0.25, 0.3) is 16.7 Å². The van der Waals surface area contributed by atoms with E-state index < -0.39 is 167 Å². The lowest BCUT2D eigenvalue weighted by atomic mass is 9.92. The van der Waals surface area contributed by atoms with Crippen molar-refractivity contribution in [2.45, 2.75) is 37.8 Å². The Hall–Kier alpha value is -6.33. The number of rotatable bonds is 3. The van der Waals surface area contributed by atoms with E-state index >= 15 is 13.2 Å². The molecule has 60 heavy (non-hydrogen) atoms. The summed E-state index contributed by atoms with van der Waals surface area (Å²) in [6.07, 6.45) is -33.1. The zero-order valence-corrected chi connectivity index (χ0v) is 27.4. The van der Waals surface area contributed by atoms with Gasteiger partial charge in [-0.3, -0.25) is 0 Å². The molecule has 1 fully saturated rings. The Morgan fingerprint density at radius 2 is 0.517 bits per heavy atom. The van der Waals surface area contributed by atoms with E-state index in [-0.39, 0.29) is 6.92 Å². The molecule has 0 N–H and O–H groups in total. The van der Waals surface area contributed by atoms with Crippen molar-refractivity contribution in [2.24, 2.45) is 0 Å². The second-order valence-corrected chi connectivity index (χ2v) is 11.5. The predicted octanol–water partition coefficient (Wildman–Crippen LogP) is 12.6. The molecule has 0 unspecified atom stereocenters. The van der Waals surface area contributed by atoms with Crippen molar-refractivity contribution >= 4 is 16.7 Å². The summed E-state index contributed by atoms with van der Waals surface area (Å²) in [7, 11) is 0. The molecule has 0 spiro atoms. The first-order valence-electron chi connectivity index (χ1n) is 14.5. The Balaban J connectivity index is 2.58. The molecule has 0 saturated heterocycles. The van der Waals surface area contributed by atoms with E-state index in [0.29, 0.717) is 18.2 Å². The van der Waals surface area contributed by atoms with Crippen LogP contribution >= 0.6 is 0 Å². The van der Waals surface area contributed by atoms with Crippen LogP contribution in [0.4, 0.5) is 105 Å². The molecule has 1 aliphatic rings. The fourth-order valence-corrected chi connectivity index (χ4v) is 5.78. The van der Waals surface area contributed by atoms with E-state index in [1.165, 1.54) is 0 Å². The van der Waals surface area contributed by atoms with Crippen LogP contribution in [-0.2, 0) is 30.9 Å². The van der Waals surface area contributed by atoms with E-state index in [4.69, 9.17) is 0 Å². The fraction of sp³-hybridized carbons (Fsp3) is 0.182. The number of hydrogen-bond acceptors (Lipinski definition) is 3. The largest absolute Gasteiger partial charge is 0.422 e. The van der Waals surface area contributed by atoms with Gasteiger partial charge in [0.15, 0.2) is 34.9 Å². The monoisotopic (exact) mass is 897 g/mol. The second kappa shape index (κ2) is 14.4. The summed E-state index contributed by atoms with van der Waals surface area (Å²) in [5.74, 6) is -31.6. The van der Waals surface area contributed by atoms with E-state index in [2.05, 4.69) is 0 Å². The van der Waals surface area contributed by atoms with E-state index in [1.807, 2.05) is 0 Å². The highest BCUT2D eigenvalue weighted by atomic mass is 19.4. The SMILES string of the molecule is Cc1c(F)c(F)c(C(F)(F)F)c(F)c1/C(C#N)=C1/C(=C(C#N)c2c(F)c(C(F)(F)F)c(F)c(F)c2C(F)(F)F)/C1=C(/C#N)c1c(F)c(C(F)(F)F)c(F)c(F)c1C(F)(F)F. The highest BCUT2D eigenvalue weighted by Crippen LogP contribution is 2.60. The highest BCUT2D eigenvalue weighted by Gasteiger charge is 2.54. The molecule has 318 valence electrons. The van der Waals surface area contributed by atoms with Crippen LogP contribution in [0, 0.1) is 93.3 Å². The summed E-state index contributed by atoms with van der Waals surface area (Å²) in [4.78, 5) is 0. The predicted molar refractivity (Wildman–Crippen MR) is 146 cm³/mol. The van der Waals surface area contributed by atoms with Gasteiger partial charge in [0.1, 0.15) is 63.5 Å². The summed E-state index contributed by atoms with van der Waals surface area (Å²) in [5.41, 5.74) is -43.4. The number of benzene rings is 3. The average Bonchev–Trinajstić information content (AvgIpc) is 3.78. The van der Waals surface area contributed by atoms with Crippen LogP contribution in [0.5, 0.6) is 0 Å². The van der Waals surface area contributed by atoms with Gasteiger partial charge in [0.2, 0.25) is 0 Å². The minimum atomic E-state index is -6.73. The summed E-state index contributed by atoms with van der Waals surface area (Å²) in [6, 6.07) is 1.25. The summed E-state index contributed by atoms with van der Waals surface area (Å²) in [6.45, 7) is 0.0548. The van der Waals surface area contributed by atoms with Crippen molar-refractivity contribution in [1.29, 1.82) is 15.8 Å². The Bertz CT molecular complexity index is 2510. The Morgan fingerprint density at radius 1 is 0.317 bits per heavy atom. The lowest BCUT2D eigenvalue weighted by molar-refractivity contribution is -0.147. The lowest BCUT2D eigenvalue weighted by Gasteiger charge is -2.19. The third-order valence-electron chi connectivity index (χ3n) is 8.14. The molecule has 1 aliphatic carbocycles. The van der Waals surface area contributed by atoms with Gasteiger partial charge >= 0.3 is 30.9 Å². The molecule has 0 radical (unpaired) electrons. The van der Waals surface area contributed by atoms with Crippen molar-refractivity contribution in [1.82, 2.24) is 0 Å². The first kappa shape index (κ1) is 46.4. The van der Waals surface area contributed by atoms with Gasteiger partial charge in [-0.1, -0.05) is 0 Å². The number of nitriles is 3. The van der Waals surface area contributed by atoms with Gasteiger partial charge in [0.25, 0.3) is 0 Å². The molecule has 27 heteroatoms. The van der Waals surface area contributed by atoms with Gasteiger partial charge in [-0.25, -0.2) is 39.5 Å². The minimum Gasteiger partial charge on any atom is -0.205 e. The van der Waals surface area contributed by atoms with Gasteiger partial charge in [-0.15, -0.1) is 0 Å². The zero-order valence-electron chi connectivity index (χ0n) is 27.4. The van der Waals surface area contributed by atoms with Crippen LogP contribution in [0.3, 0.4) is 0 Å². The summed E-state index contributed by atoms with van der Waals surface area (Å²) in [5, 5.41) is 29.6. The minimum absolute atomic E-state index is 0.0548. The van der Waals surface area contributed by atoms with Crippen molar-refractivity contribution in [3.63, 3.8) is 0 Å². The van der Waals surface area contributed by atoms with Crippen LogP contribution in [0.2, 0.25) is 0 Å². The smallest absolute Gasteiger partial charge is 0.205 e. The third-order valence-corrected chi connectivity index (χ3v) is 8.14. The summed E-state index contributed by atoms with van der Waals surface area (Å²) < 4.78 is 343. The number of allylic oxidation sites excluding steroid dienone is 6. The number of alkyl halides is 15. The molecule has 0 atom stereocenters. The van der Waals surface area contributed by atoms with Gasteiger partial charge in [-0.2, -0.15) is 81.6 Å². The van der Waals surface area contributed by atoms with Crippen molar-refractivity contribution in [3.8, 4) is 18.2 Å². The van der Waals surface area contributed by atoms with E-state index in [9.17, 15) is 108 Å². The average molecular weight is 897 g/mol. The van der Waals surface area contributed by atoms with Crippen LogP contribution in [0.15, 0.2) is 16.7 Å². The first-order chi connectivity index (χ1) is 27.1. The van der Waals surface area contributed by atoms with Crippen LogP contribution in [-0.4, -0.2) is 0 Å². The molecular weight excluding hydrogens is 894 g/mol. The molecule has 0 heterocycles. The Morgan fingerprint density at radius 3 is 0.750 bits per heavy atom. The van der Waals surface area contributed by atoms with Gasteiger partial charge < -0.3 is 0 Å². The molecule has 0 amide bonds. The topological polar surface area (TPSA) is 71.4 Å². The number of hydrogen-bond donors (Lipinski definition) is 0. The van der Waals surface area contributed by atoms with Crippen molar-refractivity contribution < 1.29 is 105 Å². The molecule has 0 aliphatic heterocycles. The molecule has 3 aromatic carbocycles. The first-order valence-corrected chi connectivity index (χ1v) is 14.5. The number of nitrogens with zero attached hydrogens (tertiary/aromatic N) is 3. The molecular formula is C33H3F24N3. The Kier molecular flexibility index (Phi) is 11.2. The third kappa shape index (κ3) is 7.21. The normalized spacial score (nSPS) is 16.3. The molecule has 3 nitrogen and oxygen atoms in total. The van der Waals surface area contributed by atoms with Crippen LogP contribution < -0.4 is 0 Å². The maximum atomic E-state index is 15.6. The molecule has 0 aromatic heterocycles. The quantitative estimate of drug-likeness (QED) is 0.149. The lowest BCUT2D eigenvalue weighted by Crippen LogP contribution is -2.22. The molecule has 4 rings (SSSR count). The molecule has 1 saturated carbocycles. The maximum absolute atomic E-state index is 15.6. The van der Waals surface area contributed by atoms with Gasteiger partial charge in [0.05, 0.1) is 16.7 Å². The van der Waals surface area contributed by atoms with Gasteiger partial charge in [0, 0.05) is 33.4 Å². The zero-order chi connectivity index (χ0) is 46.5. The van der Waals surface area contributed by atoms with Gasteiger partial charge in [-0.05, 0) is 12.5 Å². The Labute approximate surface area is 313 Å². The summed E-state index contributed by atoms with van der Waals surface area (Å²) >= 11 is 0. The van der Waals surface area contributed by atoms with E-state index in [1.54, 1.807) is 0 Å². The van der Waals surface area contributed by atoms with Crippen molar-refractivity contribution in [2.75, 3.05) is 0 Å². The highest BCUT2D eigenvalue weighted by molar-refractivity contribution is 6.13. The second-order valence-electron chi connectivity index (χ2n) is 11.5. The number of halogens is 24. The van der Waals surface area contributed by atoms with Crippen LogP contribution in [0.1, 0.15) is 50.1 Å².